The highest BCUT2D eigenvalue weighted by molar-refractivity contribution is 9.11. The normalized spacial score (nSPS) is 12.8. The number of unbranched alkanes of at least 4 members (excludes halogenated alkanes) is 22. The summed E-state index contributed by atoms with van der Waals surface area (Å²) < 4.78 is 14.2. The maximum absolute atomic E-state index is 13.7. The fourth-order valence-electron chi connectivity index (χ4n) is 15.6. The van der Waals surface area contributed by atoms with Gasteiger partial charge in [0.1, 0.15) is 36.1 Å². The second-order valence-electron chi connectivity index (χ2n) is 29.8. The van der Waals surface area contributed by atoms with Crippen molar-refractivity contribution in [3.8, 4) is 33.8 Å². The molecule has 2 amide bonds. The molecule has 8 aromatic carbocycles. The van der Waals surface area contributed by atoms with Crippen LogP contribution in [-0.2, 0) is 22.7 Å². The molecule has 8 N–H and O–H groups in total. The third-order valence-electron chi connectivity index (χ3n) is 21.8. The third-order valence-corrected chi connectivity index (χ3v) is 24.4. The molecule has 0 spiro atoms. The summed E-state index contributed by atoms with van der Waals surface area (Å²) in [6.45, 7) is 6.18. The highest BCUT2D eigenvalue weighted by atomic mass is 79.9. The van der Waals surface area contributed by atoms with Crippen LogP contribution in [0.4, 0.5) is 32.3 Å². The van der Waals surface area contributed by atoms with Gasteiger partial charge in [-0.3, -0.25) is 29.8 Å². The molecule has 110 heavy (non-hydrogen) atoms. The van der Waals surface area contributed by atoms with Gasteiger partial charge in [0.2, 0.25) is 11.6 Å². The van der Waals surface area contributed by atoms with E-state index in [2.05, 4.69) is 88.2 Å². The van der Waals surface area contributed by atoms with E-state index >= 15 is 0 Å². The van der Waals surface area contributed by atoms with Gasteiger partial charge in [0, 0.05) is 47.5 Å². The number of quaternary nitrogens is 2. The highest BCUT2D eigenvalue weighted by Gasteiger charge is 2.38. The number of hydrogen-bond donors (Lipinski definition) is 6. The van der Waals surface area contributed by atoms with E-state index in [-0.39, 0.29) is 81.2 Å². The smallest absolute Gasteiger partial charge is 0.407 e. The van der Waals surface area contributed by atoms with Crippen molar-refractivity contribution < 1.29 is 59.1 Å². The van der Waals surface area contributed by atoms with Crippen molar-refractivity contribution in [3.63, 3.8) is 0 Å². The van der Waals surface area contributed by atoms with E-state index < -0.39 is 12.2 Å². The molecule has 0 aromatic heterocycles. The number of ether oxygens (including phenoxy) is 2. The first-order chi connectivity index (χ1) is 53.5. The minimum absolute atomic E-state index is 0.0177. The van der Waals surface area contributed by atoms with Gasteiger partial charge in [-0.1, -0.05) is 291 Å². The molecule has 2 aliphatic carbocycles. The summed E-state index contributed by atoms with van der Waals surface area (Å²) in [5, 5.41) is 31.0. The Labute approximate surface area is 683 Å². The number of aromatic hydroxyl groups is 2. The Bertz CT molecular complexity index is 4120. The lowest BCUT2D eigenvalue weighted by atomic mass is 9.78. The van der Waals surface area contributed by atoms with Crippen molar-refractivity contribution in [2.45, 2.75) is 220 Å². The Morgan fingerprint density at radius 2 is 0.636 bits per heavy atom. The van der Waals surface area contributed by atoms with Crippen LogP contribution in [0.1, 0.15) is 281 Å². The average molecular weight is 1750 g/mol. The Hall–Kier alpha value is -7.58. The van der Waals surface area contributed by atoms with Crippen LogP contribution in [0, 0.1) is 11.8 Å². The average Bonchev–Trinajstić information content (AvgIpc) is 0.748. The standard InChI is InChI=1S/C92H106Br4N4O10/c1-3-5-7-23-33-63(35-25-19-15-11-9-13-17-21-31-53-97-91(107)109-59-61-41-45-65(46-42-61)67-55-73(93)85(74(94)56-67)99-77-49-51-79(101)83-81(77)87(103)69-37-27-29-39-71(69)89(83)105)64(34-24-8-6-4-2)36-26-20-16-12-10-14-18-22-32-54-98-92(108)110-60-62-43-47-66(48-44-62)68-57-75(95)86(76(96)58-68)100-78-50-52-80(102)84-82(78)88(104)70-38-28-30-40-72(70)90(84)106/h27-30,37-52,55-58,63-64,99-102H,3-26,31-36,53-54,59-60H2,1-2H3,(H,97,107)(H,98,108)/p+2. The van der Waals surface area contributed by atoms with Gasteiger partial charge in [-0.15, -0.1) is 0 Å². The Balaban J connectivity index is 0.544. The summed E-state index contributed by atoms with van der Waals surface area (Å²) >= 11 is 14.9. The van der Waals surface area contributed by atoms with Gasteiger partial charge in [0.05, 0.1) is 40.1 Å². The summed E-state index contributed by atoms with van der Waals surface area (Å²) in [7, 11) is 0. The molecule has 2 aliphatic rings. The summed E-state index contributed by atoms with van der Waals surface area (Å²) in [4.78, 5) is 79.6. The number of nitrogens with two attached hydrogens (primary N) is 2. The second kappa shape index (κ2) is 44.0. The van der Waals surface area contributed by atoms with Crippen LogP contribution < -0.4 is 21.3 Å². The minimum Gasteiger partial charge on any atom is -0.507 e. The van der Waals surface area contributed by atoms with Crippen molar-refractivity contribution in [2.24, 2.45) is 11.8 Å². The van der Waals surface area contributed by atoms with E-state index in [1.165, 1.54) is 179 Å². The Kier molecular flexibility index (Phi) is 34.0. The van der Waals surface area contributed by atoms with Gasteiger partial charge >= 0.3 is 12.2 Å². The van der Waals surface area contributed by atoms with Crippen molar-refractivity contribution in [1.29, 1.82) is 0 Å². The van der Waals surface area contributed by atoms with Crippen LogP contribution >= 0.6 is 63.7 Å². The minimum atomic E-state index is -0.407. The molecule has 0 saturated carbocycles. The molecule has 2 unspecified atom stereocenters. The molecule has 18 heteroatoms. The monoisotopic (exact) mass is 1740 g/mol. The molecule has 0 heterocycles. The zero-order valence-corrected chi connectivity index (χ0v) is 70.2. The number of carbonyl (C=O) groups is 6. The molecule has 582 valence electrons. The van der Waals surface area contributed by atoms with Gasteiger partial charge in [0.25, 0.3) is 0 Å². The number of benzene rings is 8. The number of nitrogens with one attached hydrogen (secondary N) is 2. The second-order valence-corrected chi connectivity index (χ2v) is 33.2. The molecule has 0 bridgehead atoms. The van der Waals surface area contributed by atoms with Crippen molar-refractivity contribution >= 4 is 122 Å². The van der Waals surface area contributed by atoms with Gasteiger partial charge in [-0.05, 0) is 158 Å². The van der Waals surface area contributed by atoms with Crippen LogP contribution in [-0.4, -0.2) is 58.6 Å². The maximum Gasteiger partial charge on any atom is 0.407 e. The SMILES string of the molecule is CCCCCCC(CCCCCCCCCCCNC(=O)OCc1ccc(-c2cc(Br)c([NH2+]c3ccc(O)c4c3C(=O)c3ccccc3C4=O)c(Br)c2)cc1)C(CCCCCC)CCCCCCCCCCCNC(=O)OCc1ccc(-c2cc(Br)c([NH2+]c3ccc(O)c4c3C(=O)c3ccccc3C4=O)c(Br)c2)cc1. The number of fused-ring (bicyclic) bond motifs is 4. The molecular weight excluding hydrogens is 1640 g/mol. The first kappa shape index (κ1) is 84.9. The van der Waals surface area contributed by atoms with E-state index in [0.717, 1.165) is 100 Å². The number of amides is 2. The number of rotatable bonds is 45. The number of hydrogen-bond acceptors (Lipinski definition) is 10. The lowest BCUT2D eigenvalue weighted by Gasteiger charge is -2.28. The van der Waals surface area contributed by atoms with E-state index in [4.69, 9.17) is 9.47 Å². The number of phenols is 2. The van der Waals surface area contributed by atoms with Gasteiger partial charge in [-0.25, -0.2) is 9.59 Å². The lowest BCUT2D eigenvalue weighted by molar-refractivity contribution is -0.480. The van der Waals surface area contributed by atoms with Crippen molar-refractivity contribution in [2.75, 3.05) is 13.1 Å². The number of phenolic OH excluding ortho intramolecular Hbond substituents is 2. The topological polar surface area (TPSA) is 219 Å². The molecule has 0 aliphatic heterocycles. The predicted octanol–water partition coefficient (Wildman–Crippen LogP) is 24.2. The molecule has 0 saturated heterocycles. The number of alkyl carbamates (subject to hydrolysis) is 2. The molecule has 10 rings (SSSR count). The first-order valence-electron chi connectivity index (χ1n) is 40.3. The molecular formula is C92H108Br4N4O10+2. The van der Waals surface area contributed by atoms with Gasteiger partial charge in [-0.2, -0.15) is 0 Å². The first-order valence-corrected chi connectivity index (χ1v) is 43.5. The van der Waals surface area contributed by atoms with E-state index in [1.807, 2.05) is 83.4 Å². The van der Waals surface area contributed by atoms with Crippen molar-refractivity contribution in [1.82, 2.24) is 10.6 Å². The van der Waals surface area contributed by atoms with E-state index in [0.29, 0.717) is 35.6 Å². The zero-order valence-electron chi connectivity index (χ0n) is 63.9. The lowest BCUT2D eigenvalue weighted by Crippen LogP contribution is -2.72. The predicted molar refractivity (Wildman–Crippen MR) is 453 cm³/mol. The summed E-state index contributed by atoms with van der Waals surface area (Å²) in [5.74, 6) is -0.0875. The van der Waals surface area contributed by atoms with Crippen LogP contribution in [0.5, 0.6) is 11.5 Å². The quantitative estimate of drug-likeness (QED) is 0.0120. The molecule has 8 aromatic rings. The Morgan fingerprint density at radius 3 is 0.945 bits per heavy atom. The van der Waals surface area contributed by atoms with Crippen LogP contribution in [0.15, 0.2) is 163 Å². The molecule has 2 atom stereocenters. The van der Waals surface area contributed by atoms with Crippen LogP contribution in [0.3, 0.4) is 0 Å². The summed E-state index contributed by atoms with van der Waals surface area (Å²) in [6, 6.07) is 43.4. The number of carbonyl (C=O) groups excluding carboxylic acids is 6. The van der Waals surface area contributed by atoms with Crippen LogP contribution in [0.25, 0.3) is 22.3 Å². The summed E-state index contributed by atoms with van der Waals surface area (Å²) in [5.41, 5.74) is 9.78. The van der Waals surface area contributed by atoms with E-state index in [1.54, 1.807) is 60.7 Å². The van der Waals surface area contributed by atoms with Gasteiger partial charge in [0.15, 0.2) is 22.9 Å². The molecule has 0 fully saturated rings. The van der Waals surface area contributed by atoms with Gasteiger partial charge < -0.3 is 30.3 Å². The largest absolute Gasteiger partial charge is 0.507 e. The molecule has 14 nitrogen and oxygen atoms in total. The summed E-state index contributed by atoms with van der Waals surface area (Å²) in [6.07, 6.45) is 37.7. The Morgan fingerprint density at radius 1 is 0.355 bits per heavy atom. The zero-order chi connectivity index (χ0) is 77.7. The molecule has 0 radical (unpaired) electrons. The maximum atomic E-state index is 13.7. The number of halogens is 4. The fourth-order valence-corrected chi connectivity index (χ4v) is 18.4. The van der Waals surface area contributed by atoms with Crippen LogP contribution in [0.2, 0.25) is 0 Å². The third kappa shape index (κ3) is 23.8. The van der Waals surface area contributed by atoms with E-state index in [9.17, 15) is 39.0 Å². The van der Waals surface area contributed by atoms with Crippen molar-refractivity contribution in [3.05, 3.63) is 219 Å². The highest BCUT2D eigenvalue weighted by Crippen LogP contribution is 2.42. The fraction of sp³-hybridized carbons (Fsp3) is 0.413. The number of ketones is 4.